The van der Waals surface area contributed by atoms with Crippen LogP contribution in [0.25, 0.3) is 0 Å². The van der Waals surface area contributed by atoms with Gasteiger partial charge in [-0.15, -0.1) is 11.3 Å². The molecule has 0 saturated heterocycles. The Bertz CT molecular complexity index is 359. The Hall–Kier alpha value is -0.0500. The Morgan fingerprint density at radius 2 is 2.24 bits per heavy atom. The minimum atomic E-state index is 0.380. The van der Waals surface area contributed by atoms with Crippen molar-refractivity contribution in [1.29, 1.82) is 0 Å². The highest BCUT2D eigenvalue weighted by molar-refractivity contribution is 7.16. The molecule has 1 atom stereocenters. The molecule has 1 fully saturated rings. The van der Waals surface area contributed by atoms with Gasteiger partial charge in [0.1, 0.15) is 0 Å². The highest BCUT2D eigenvalue weighted by Gasteiger charge is 2.28. The zero-order chi connectivity index (χ0) is 12.3. The summed E-state index contributed by atoms with van der Waals surface area (Å²) in [4.78, 5) is 1.42. The fourth-order valence-electron chi connectivity index (χ4n) is 2.39. The number of halogens is 1. The Balaban J connectivity index is 1.93. The summed E-state index contributed by atoms with van der Waals surface area (Å²) in [6.07, 6.45) is 6.42. The lowest BCUT2D eigenvalue weighted by molar-refractivity contribution is 0.276. The molecule has 0 amide bonds. The zero-order valence-corrected chi connectivity index (χ0v) is 12.3. The maximum absolute atomic E-state index is 6.01. The molecule has 1 saturated carbocycles. The molecule has 3 heteroatoms. The van der Waals surface area contributed by atoms with E-state index in [-0.39, 0.29) is 0 Å². The number of nitrogens with one attached hydrogen (secondary N) is 1. The van der Waals surface area contributed by atoms with Gasteiger partial charge in [-0.3, -0.25) is 0 Å². The first kappa shape index (κ1) is 13.4. The predicted molar refractivity (Wildman–Crippen MR) is 77.1 cm³/mol. The Labute approximate surface area is 114 Å². The van der Waals surface area contributed by atoms with Gasteiger partial charge in [-0.05, 0) is 43.2 Å². The molecule has 1 nitrogen and oxygen atoms in total. The molecule has 1 aromatic heterocycles. The van der Waals surface area contributed by atoms with E-state index in [0.29, 0.717) is 5.41 Å². The number of thiophene rings is 1. The van der Waals surface area contributed by atoms with E-state index in [9.17, 15) is 0 Å². The van der Waals surface area contributed by atoms with Crippen molar-refractivity contribution in [2.24, 2.45) is 5.41 Å². The molecule has 1 aliphatic carbocycles. The van der Waals surface area contributed by atoms with Crippen LogP contribution in [0, 0.1) is 5.41 Å². The zero-order valence-electron chi connectivity index (χ0n) is 10.8. The molecular formula is C14H22ClNS. The van der Waals surface area contributed by atoms with E-state index in [2.05, 4.69) is 25.2 Å². The molecule has 0 aliphatic heterocycles. The van der Waals surface area contributed by atoms with E-state index >= 15 is 0 Å². The van der Waals surface area contributed by atoms with Gasteiger partial charge in [0, 0.05) is 17.5 Å². The van der Waals surface area contributed by atoms with Crippen LogP contribution in [0.1, 0.15) is 44.4 Å². The van der Waals surface area contributed by atoms with Gasteiger partial charge >= 0.3 is 0 Å². The molecule has 96 valence electrons. The van der Waals surface area contributed by atoms with Crippen LogP contribution in [0.4, 0.5) is 0 Å². The summed E-state index contributed by atoms with van der Waals surface area (Å²) in [5, 5.41) is 3.68. The first-order chi connectivity index (χ1) is 8.11. The van der Waals surface area contributed by atoms with E-state index in [1.54, 1.807) is 11.3 Å². The summed E-state index contributed by atoms with van der Waals surface area (Å²) in [5.74, 6) is 0. The van der Waals surface area contributed by atoms with Crippen molar-refractivity contribution >= 4 is 22.9 Å². The van der Waals surface area contributed by atoms with E-state index in [4.69, 9.17) is 11.6 Å². The normalized spacial score (nSPS) is 19.2. The van der Waals surface area contributed by atoms with Crippen molar-refractivity contribution in [3.05, 3.63) is 21.3 Å². The fraction of sp³-hybridized carbons (Fsp3) is 0.714. The van der Waals surface area contributed by atoms with Crippen LogP contribution in [-0.2, 0) is 6.42 Å². The van der Waals surface area contributed by atoms with Crippen LogP contribution in [0.2, 0.25) is 4.34 Å². The van der Waals surface area contributed by atoms with Gasteiger partial charge in [0.25, 0.3) is 0 Å². The minimum absolute atomic E-state index is 0.380. The van der Waals surface area contributed by atoms with Gasteiger partial charge in [0.05, 0.1) is 4.34 Å². The van der Waals surface area contributed by atoms with Crippen molar-refractivity contribution in [2.75, 3.05) is 6.54 Å². The third-order valence-corrected chi connectivity index (χ3v) is 4.71. The number of rotatable bonds is 7. The van der Waals surface area contributed by atoms with Crippen molar-refractivity contribution in [3.63, 3.8) is 0 Å². The summed E-state index contributed by atoms with van der Waals surface area (Å²) in [5.41, 5.74) is 0.380. The van der Waals surface area contributed by atoms with Crippen molar-refractivity contribution in [1.82, 2.24) is 5.32 Å². The van der Waals surface area contributed by atoms with Crippen LogP contribution in [-0.4, -0.2) is 12.6 Å². The summed E-state index contributed by atoms with van der Waals surface area (Å²) < 4.78 is 0.911. The third-order valence-electron chi connectivity index (χ3n) is 3.48. The molecule has 0 spiro atoms. The highest BCUT2D eigenvalue weighted by Crippen LogP contribution is 2.33. The Morgan fingerprint density at radius 3 is 2.76 bits per heavy atom. The van der Waals surface area contributed by atoms with Gasteiger partial charge in [-0.1, -0.05) is 31.9 Å². The van der Waals surface area contributed by atoms with Gasteiger partial charge in [0.15, 0.2) is 0 Å². The van der Waals surface area contributed by atoms with Gasteiger partial charge < -0.3 is 5.32 Å². The van der Waals surface area contributed by atoms with Gasteiger partial charge in [-0.25, -0.2) is 0 Å². The van der Waals surface area contributed by atoms with E-state index in [1.807, 2.05) is 6.07 Å². The standard InChI is InChI=1S/C14H22ClNS/c1-3-8-14(2,10-16-11-4-5-11)9-12-6-7-13(15)17-12/h6-7,11,16H,3-5,8-10H2,1-2H3. The first-order valence-corrected chi connectivity index (χ1v) is 7.78. The second kappa shape index (κ2) is 5.73. The lowest BCUT2D eigenvalue weighted by Crippen LogP contribution is -2.34. The largest absolute Gasteiger partial charge is 0.313 e. The highest BCUT2D eigenvalue weighted by atomic mass is 35.5. The maximum Gasteiger partial charge on any atom is 0.0931 e. The van der Waals surface area contributed by atoms with E-state index < -0.39 is 0 Å². The van der Waals surface area contributed by atoms with Crippen LogP contribution >= 0.6 is 22.9 Å². The molecule has 1 aliphatic rings. The molecule has 2 rings (SSSR count). The fourth-order valence-corrected chi connectivity index (χ4v) is 3.69. The lowest BCUT2D eigenvalue weighted by Gasteiger charge is -2.29. The summed E-state index contributed by atoms with van der Waals surface area (Å²) in [6.45, 7) is 5.82. The first-order valence-electron chi connectivity index (χ1n) is 6.59. The second-order valence-corrected chi connectivity index (χ2v) is 7.40. The third kappa shape index (κ3) is 4.27. The van der Waals surface area contributed by atoms with Crippen LogP contribution in [0.15, 0.2) is 12.1 Å². The predicted octanol–water partition coefficient (Wildman–Crippen LogP) is 4.50. The second-order valence-electron chi connectivity index (χ2n) is 5.60. The number of hydrogen-bond donors (Lipinski definition) is 1. The quantitative estimate of drug-likeness (QED) is 0.770. The summed E-state index contributed by atoms with van der Waals surface area (Å²) in [6, 6.07) is 5.00. The monoisotopic (exact) mass is 271 g/mol. The Morgan fingerprint density at radius 1 is 1.47 bits per heavy atom. The van der Waals surface area contributed by atoms with Crippen LogP contribution < -0.4 is 5.32 Å². The maximum atomic E-state index is 6.01. The summed E-state index contributed by atoms with van der Waals surface area (Å²) >= 11 is 7.73. The van der Waals surface area contributed by atoms with Crippen molar-refractivity contribution in [2.45, 2.75) is 52.0 Å². The molecule has 1 N–H and O–H groups in total. The van der Waals surface area contributed by atoms with Gasteiger partial charge in [-0.2, -0.15) is 0 Å². The van der Waals surface area contributed by atoms with E-state index in [1.165, 1.54) is 30.6 Å². The average Bonchev–Trinajstić information content (AvgIpc) is 3.01. The van der Waals surface area contributed by atoms with Crippen LogP contribution in [0.3, 0.4) is 0 Å². The lowest BCUT2D eigenvalue weighted by atomic mass is 9.81. The molecular weight excluding hydrogens is 250 g/mol. The van der Waals surface area contributed by atoms with E-state index in [0.717, 1.165) is 23.3 Å². The molecule has 0 radical (unpaired) electrons. The molecule has 1 heterocycles. The minimum Gasteiger partial charge on any atom is -0.313 e. The molecule has 1 aromatic rings. The average molecular weight is 272 g/mol. The summed E-state index contributed by atoms with van der Waals surface area (Å²) in [7, 11) is 0. The van der Waals surface area contributed by atoms with Crippen molar-refractivity contribution < 1.29 is 0 Å². The van der Waals surface area contributed by atoms with Crippen LogP contribution in [0.5, 0.6) is 0 Å². The topological polar surface area (TPSA) is 12.0 Å². The molecule has 1 unspecified atom stereocenters. The Kier molecular flexibility index (Phi) is 4.51. The van der Waals surface area contributed by atoms with Gasteiger partial charge in [0.2, 0.25) is 0 Å². The molecule has 0 aromatic carbocycles. The number of hydrogen-bond acceptors (Lipinski definition) is 2. The molecule has 17 heavy (non-hydrogen) atoms. The SMILES string of the molecule is CCCC(C)(CNC1CC1)Cc1ccc(Cl)s1. The van der Waals surface area contributed by atoms with Crippen molar-refractivity contribution in [3.8, 4) is 0 Å². The smallest absolute Gasteiger partial charge is 0.0931 e. The molecule has 0 bridgehead atoms.